The van der Waals surface area contributed by atoms with Crippen LogP contribution in [0.2, 0.25) is 0 Å². The summed E-state index contributed by atoms with van der Waals surface area (Å²) in [6.07, 6.45) is 0.873. The van der Waals surface area contributed by atoms with Crippen LogP contribution in [0, 0.1) is 0 Å². The Morgan fingerprint density at radius 2 is 1.74 bits per heavy atom. The molecule has 10 nitrogen and oxygen atoms in total. The third-order valence-electron chi connectivity index (χ3n) is 6.62. The molecule has 1 aromatic heterocycles. The Hall–Kier alpha value is -2.77. The van der Waals surface area contributed by atoms with Crippen molar-refractivity contribution in [3.05, 3.63) is 66.0 Å². The van der Waals surface area contributed by atoms with Gasteiger partial charge in [0.05, 0.1) is 35.9 Å². The number of aromatic nitrogens is 3. The predicted molar refractivity (Wildman–Crippen MR) is 152 cm³/mol. The zero-order chi connectivity index (χ0) is 28.0. The molecule has 1 fully saturated rings. The number of carbonyl (C=O) groups is 1. The van der Waals surface area contributed by atoms with Crippen molar-refractivity contribution in [3.63, 3.8) is 0 Å². The van der Waals surface area contributed by atoms with Crippen molar-refractivity contribution >= 4 is 33.4 Å². The highest BCUT2D eigenvalue weighted by Crippen LogP contribution is 2.29. The van der Waals surface area contributed by atoms with E-state index in [2.05, 4.69) is 44.0 Å². The fraction of sp³-hybridized carbons (Fsp3) is 0.444. The fourth-order valence-corrected chi connectivity index (χ4v) is 6.69. The van der Waals surface area contributed by atoms with Crippen molar-refractivity contribution in [2.24, 2.45) is 0 Å². The fourth-order valence-electron chi connectivity index (χ4n) is 4.43. The third kappa shape index (κ3) is 7.06. The second-order valence-electron chi connectivity index (χ2n) is 9.59. The van der Waals surface area contributed by atoms with Crippen molar-refractivity contribution in [2.45, 2.75) is 48.2 Å². The van der Waals surface area contributed by atoms with Gasteiger partial charge in [0.1, 0.15) is 0 Å². The van der Waals surface area contributed by atoms with Gasteiger partial charge in [-0.3, -0.25) is 9.69 Å². The standard InChI is InChI=1S/C27H36N6O4S2/c1-5-24(31(3)4)25-29-30-27(33(25)19-21-9-7-6-8-10-21)38-20(2)26(34)28-22-11-13-23(14-12-22)39(35,36)32-15-17-37-18-16-32/h6-14,20,24H,5,15-19H2,1-4H3,(H,28,34). The van der Waals surface area contributed by atoms with Crippen molar-refractivity contribution < 1.29 is 17.9 Å². The first-order valence-corrected chi connectivity index (χ1v) is 15.3. The van der Waals surface area contributed by atoms with Crippen LogP contribution in [0.4, 0.5) is 5.69 Å². The van der Waals surface area contributed by atoms with Gasteiger partial charge in [-0.15, -0.1) is 10.2 Å². The minimum absolute atomic E-state index is 0.0898. The molecule has 0 bridgehead atoms. The normalized spacial score (nSPS) is 16.2. The molecule has 1 N–H and O–H groups in total. The lowest BCUT2D eigenvalue weighted by Gasteiger charge is -2.26. The Morgan fingerprint density at radius 3 is 2.36 bits per heavy atom. The number of hydrogen-bond acceptors (Lipinski definition) is 8. The predicted octanol–water partition coefficient (Wildman–Crippen LogP) is 3.48. The summed E-state index contributed by atoms with van der Waals surface area (Å²) >= 11 is 1.35. The molecule has 0 aliphatic carbocycles. The number of nitrogens with one attached hydrogen (secondary N) is 1. The summed E-state index contributed by atoms with van der Waals surface area (Å²) in [5, 5.41) is 12.1. The first kappa shape index (κ1) is 29.2. The maximum atomic E-state index is 13.1. The SMILES string of the molecule is CCC(c1nnc(SC(C)C(=O)Nc2ccc(S(=O)(=O)N3CCOCC3)cc2)n1Cc1ccccc1)N(C)C. The lowest BCUT2D eigenvalue weighted by Crippen LogP contribution is -2.40. The zero-order valence-electron chi connectivity index (χ0n) is 22.8. The molecule has 2 unspecified atom stereocenters. The van der Waals surface area contributed by atoms with Crippen LogP contribution in [-0.4, -0.2) is 83.9 Å². The van der Waals surface area contributed by atoms with Gasteiger partial charge in [-0.1, -0.05) is 49.0 Å². The first-order valence-electron chi connectivity index (χ1n) is 13.0. The second-order valence-corrected chi connectivity index (χ2v) is 12.8. The molecule has 12 heteroatoms. The van der Waals surface area contributed by atoms with E-state index in [0.717, 1.165) is 17.8 Å². The molecule has 39 heavy (non-hydrogen) atoms. The molecule has 210 valence electrons. The number of amides is 1. The highest BCUT2D eigenvalue weighted by atomic mass is 32.2. The van der Waals surface area contributed by atoms with E-state index >= 15 is 0 Å². The summed E-state index contributed by atoms with van der Waals surface area (Å²) < 4.78 is 34.5. The number of anilines is 1. The summed E-state index contributed by atoms with van der Waals surface area (Å²) in [4.78, 5) is 15.4. The van der Waals surface area contributed by atoms with Gasteiger partial charge in [0, 0.05) is 18.8 Å². The van der Waals surface area contributed by atoms with Crippen LogP contribution in [0.25, 0.3) is 0 Å². The van der Waals surface area contributed by atoms with Crippen LogP contribution in [0.3, 0.4) is 0 Å². The van der Waals surface area contributed by atoms with Gasteiger partial charge in [-0.25, -0.2) is 8.42 Å². The van der Waals surface area contributed by atoms with E-state index in [9.17, 15) is 13.2 Å². The molecule has 0 radical (unpaired) electrons. The zero-order valence-corrected chi connectivity index (χ0v) is 24.4. The number of rotatable bonds is 11. The van der Waals surface area contributed by atoms with Gasteiger partial charge in [0.15, 0.2) is 11.0 Å². The highest BCUT2D eigenvalue weighted by Gasteiger charge is 2.27. The largest absolute Gasteiger partial charge is 0.379 e. The molecule has 1 amide bonds. The summed E-state index contributed by atoms with van der Waals surface area (Å²) in [7, 11) is 0.455. The summed E-state index contributed by atoms with van der Waals surface area (Å²) in [6, 6.07) is 16.5. The average Bonchev–Trinajstić information content (AvgIpc) is 3.31. The van der Waals surface area contributed by atoms with E-state index in [1.54, 1.807) is 12.1 Å². The third-order valence-corrected chi connectivity index (χ3v) is 9.61. The molecular formula is C27H36N6O4S2. The van der Waals surface area contributed by atoms with Gasteiger partial charge in [-0.2, -0.15) is 4.31 Å². The summed E-state index contributed by atoms with van der Waals surface area (Å²) in [5.74, 6) is 0.651. The number of carbonyl (C=O) groups excluding carboxylic acids is 1. The van der Waals surface area contributed by atoms with Gasteiger partial charge < -0.3 is 14.6 Å². The van der Waals surface area contributed by atoms with E-state index in [1.807, 2.05) is 39.2 Å². The summed E-state index contributed by atoms with van der Waals surface area (Å²) in [5.41, 5.74) is 1.65. The molecule has 3 aromatic rings. The van der Waals surface area contributed by atoms with E-state index in [0.29, 0.717) is 43.7 Å². The van der Waals surface area contributed by atoms with Crippen LogP contribution >= 0.6 is 11.8 Å². The molecule has 1 aliphatic rings. The Morgan fingerprint density at radius 1 is 1.08 bits per heavy atom. The minimum atomic E-state index is -3.59. The van der Waals surface area contributed by atoms with Gasteiger partial charge in [-0.05, 0) is 57.3 Å². The van der Waals surface area contributed by atoms with Crippen molar-refractivity contribution in [1.82, 2.24) is 24.0 Å². The molecule has 2 atom stereocenters. The van der Waals surface area contributed by atoms with Crippen LogP contribution in [0.5, 0.6) is 0 Å². The first-order chi connectivity index (χ1) is 18.7. The number of morpholine rings is 1. The van der Waals surface area contributed by atoms with Gasteiger partial charge in [0.2, 0.25) is 15.9 Å². The Kier molecular flexibility index (Phi) is 9.78. The maximum absolute atomic E-state index is 13.1. The molecule has 1 aliphatic heterocycles. The van der Waals surface area contributed by atoms with E-state index < -0.39 is 15.3 Å². The van der Waals surface area contributed by atoms with Crippen LogP contribution in [0.1, 0.15) is 37.7 Å². The second kappa shape index (κ2) is 13.1. The Labute approximate surface area is 234 Å². The molecule has 2 heterocycles. The number of benzene rings is 2. The lowest BCUT2D eigenvalue weighted by molar-refractivity contribution is -0.115. The minimum Gasteiger partial charge on any atom is -0.379 e. The quantitative estimate of drug-likeness (QED) is 0.348. The Bertz CT molecular complexity index is 1340. The number of hydrogen-bond donors (Lipinski definition) is 1. The van der Waals surface area contributed by atoms with Crippen molar-refractivity contribution in [3.8, 4) is 0 Å². The van der Waals surface area contributed by atoms with Gasteiger partial charge in [0.25, 0.3) is 0 Å². The smallest absolute Gasteiger partial charge is 0.243 e. The average molecular weight is 573 g/mol. The number of ether oxygens (including phenoxy) is 1. The Balaban J connectivity index is 1.47. The van der Waals surface area contributed by atoms with Gasteiger partial charge >= 0.3 is 0 Å². The topological polar surface area (TPSA) is 110 Å². The number of sulfonamides is 1. The van der Waals surface area contributed by atoms with Crippen LogP contribution in [-0.2, 0) is 26.1 Å². The van der Waals surface area contributed by atoms with Crippen molar-refractivity contribution in [1.29, 1.82) is 0 Å². The summed E-state index contributed by atoms with van der Waals surface area (Å²) in [6.45, 7) is 5.98. The highest BCUT2D eigenvalue weighted by molar-refractivity contribution is 8.00. The van der Waals surface area contributed by atoms with E-state index in [-0.39, 0.29) is 16.8 Å². The van der Waals surface area contributed by atoms with Crippen LogP contribution in [0.15, 0.2) is 64.6 Å². The molecule has 1 saturated heterocycles. The molecule has 4 rings (SSSR count). The molecular weight excluding hydrogens is 536 g/mol. The lowest BCUT2D eigenvalue weighted by atomic mass is 10.2. The van der Waals surface area contributed by atoms with E-state index in [4.69, 9.17) is 4.74 Å². The van der Waals surface area contributed by atoms with Crippen LogP contribution < -0.4 is 5.32 Å². The molecule has 2 aromatic carbocycles. The molecule has 0 spiro atoms. The number of nitrogens with zero attached hydrogens (tertiary/aromatic N) is 5. The van der Waals surface area contributed by atoms with Crippen molar-refractivity contribution in [2.75, 3.05) is 45.7 Å². The maximum Gasteiger partial charge on any atom is 0.243 e. The molecule has 0 saturated carbocycles. The van der Waals surface area contributed by atoms with E-state index in [1.165, 1.54) is 28.2 Å². The monoisotopic (exact) mass is 572 g/mol. The number of thioether (sulfide) groups is 1.